The standard InChI is InChI=1S/C14H17N3O/c15-14(5-1-6-14)9-17-13-12-8-11(18)3-2-10(12)4-7-16-13/h2-4,7-8,18H,1,5-6,9,15H2,(H,16,17). The summed E-state index contributed by atoms with van der Waals surface area (Å²) in [4.78, 5) is 4.33. The molecular formula is C14H17N3O. The van der Waals surface area contributed by atoms with Crippen LogP contribution in [0, 0.1) is 0 Å². The molecule has 0 saturated heterocycles. The molecule has 0 spiro atoms. The molecule has 1 aromatic heterocycles. The number of aromatic hydroxyl groups is 1. The van der Waals surface area contributed by atoms with Crippen molar-refractivity contribution in [3.05, 3.63) is 30.5 Å². The van der Waals surface area contributed by atoms with Gasteiger partial charge in [0, 0.05) is 23.7 Å². The summed E-state index contributed by atoms with van der Waals surface area (Å²) in [7, 11) is 0. The van der Waals surface area contributed by atoms with Crippen LogP contribution in [-0.2, 0) is 0 Å². The molecular weight excluding hydrogens is 226 g/mol. The minimum absolute atomic E-state index is 0.0827. The van der Waals surface area contributed by atoms with Gasteiger partial charge in [0.2, 0.25) is 0 Å². The van der Waals surface area contributed by atoms with Gasteiger partial charge in [0.05, 0.1) is 0 Å². The maximum absolute atomic E-state index is 9.56. The molecule has 1 aliphatic rings. The Morgan fingerprint density at radius 3 is 2.89 bits per heavy atom. The van der Waals surface area contributed by atoms with Gasteiger partial charge in [-0.3, -0.25) is 0 Å². The van der Waals surface area contributed by atoms with Crippen molar-refractivity contribution in [1.29, 1.82) is 0 Å². The molecule has 4 heteroatoms. The fourth-order valence-electron chi connectivity index (χ4n) is 2.36. The van der Waals surface area contributed by atoms with E-state index in [1.165, 1.54) is 6.42 Å². The maximum Gasteiger partial charge on any atom is 0.134 e. The number of anilines is 1. The van der Waals surface area contributed by atoms with Crippen LogP contribution in [-0.4, -0.2) is 22.2 Å². The van der Waals surface area contributed by atoms with Crippen molar-refractivity contribution in [3.8, 4) is 5.75 Å². The number of nitrogens with one attached hydrogen (secondary N) is 1. The van der Waals surface area contributed by atoms with Gasteiger partial charge in [-0.2, -0.15) is 0 Å². The molecule has 1 heterocycles. The molecule has 1 aromatic carbocycles. The van der Waals surface area contributed by atoms with Gasteiger partial charge >= 0.3 is 0 Å². The molecule has 0 aliphatic heterocycles. The number of nitrogens with two attached hydrogens (primary N) is 1. The third kappa shape index (κ3) is 1.99. The van der Waals surface area contributed by atoms with Gasteiger partial charge in [0.15, 0.2) is 0 Å². The molecule has 4 N–H and O–H groups in total. The maximum atomic E-state index is 9.56. The predicted octanol–water partition coefficient (Wildman–Crippen LogP) is 2.23. The highest BCUT2D eigenvalue weighted by molar-refractivity contribution is 5.92. The normalized spacial score (nSPS) is 17.4. The summed E-state index contributed by atoms with van der Waals surface area (Å²) in [5.74, 6) is 1.05. The second-order valence-corrected chi connectivity index (χ2v) is 5.13. The van der Waals surface area contributed by atoms with Crippen molar-refractivity contribution >= 4 is 16.6 Å². The van der Waals surface area contributed by atoms with E-state index >= 15 is 0 Å². The van der Waals surface area contributed by atoms with Crippen molar-refractivity contribution in [1.82, 2.24) is 4.98 Å². The molecule has 1 fully saturated rings. The number of phenolic OH excluding ortho intramolecular Hbond substituents is 1. The van der Waals surface area contributed by atoms with Crippen LogP contribution in [0.25, 0.3) is 10.8 Å². The lowest BCUT2D eigenvalue weighted by Gasteiger charge is -2.38. The van der Waals surface area contributed by atoms with E-state index in [2.05, 4.69) is 10.3 Å². The third-order valence-electron chi connectivity index (χ3n) is 3.71. The zero-order valence-corrected chi connectivity index (χ0v) is 10.2. The summed E-state index contributed by atoms with van der Waals surface area (Å²) in [6, 6.07) is 7.23. The predicted molar refractivity (Wildman–Crippen MR) is 72.7 cm³/mol. The highest BCUT2D eigenvalue weighted by Crippen LogP contribution is 2.30. The number of aromatic nitrogens is 1. The van der Waals surface area contributed by atoms with Crippen molar-refractivity contribution in [3.63, 3.8) is 0 Å². The molecule has 1 saturated carbocycles. The van der Waals surface area contributed by atoms with Gasteiger partial charge in [0.25, 0.3) is 0 Å². The number of pyridine rings is 1. The van der Waals surface area contributed by atoms with E-state index in [1.54, 1.807) is 18.3 Å². The Kier molecular flexibility index (Phi) is 2.59. The van der Waals surface area contributed by atoms with Crippen LogP contribution in [0.3, 0.4) is 0 Å². The lowest BCUT2D eigenvalue weighted by molar-refractivity contribution is 0.265. The number of rotatable bonds is 3. The van der Waals surface area contributed by atoms with Crippen LogP contribution >= 0.6 is 0 Å². The van der Waals surface area contributed by atoms with Crippen LogP contribution < -0.4 is 11.1 Å². The molecule has 3 rings (SSSR count). The van der Waals surface area contributed by atoms with Gasteiger partial charge in [-0.1, -0.05) is 6.07 Å². The van der Waals surface area contributed by atoms with Gasteiger partial charge in [-0.15, -0.1) is 0 Å². The van der Waals surface area contributed by atoms with E-state index in [0.29, 0.717) is 0 Å². The Bertz CT molecular complexity index is 578. The minimum Gasteiger partial charge on any atom is -0.508 e. The highest BCUT2D eigenvalue weighted by atomic mass is 16.3. The summed E-state index contributed by atoms with van der Waals surface area (Å²) < 4.78 is 0. The fraction of sp³-hybridized carbons (Fsp3) is 0.357. The fourth-order valence-corrected chi connectivity index (χ4v) is 2.36. The van der Waals surface area contributed by atoms with Gasteiger partial charge in [0.1, 0.15) is 11.6 Å². The SMILES string of the molecule is NC1(CNc2nccc3ccc(O)cc23)CCC1. The van der Waals surface area contributed by atoms with E-state index < -0.39 is 0 Å². The summed E-state index contributed by atoms with van der Waals surface area (Å²) in [6.45, 7) is 0.731. The summed E-state index contributed by atoms with van der Waals surface area (Å²) >= 11 is 0. The number of hydrogen-bond donors (Lipinski definition) is 3. The molecule has 1 aliphatic carbocycles. The zero-order chi connectivity index (χ0) is 12.6. The first-order valence-electron chi connectivity index (χ1n) is 6.27. The van der Waals surface area contributed by atoms with Crippen LogP contribution in [0.15, 0.2) is 30.5 Å². The Hall–Kier alpha value is -1.81. The van der Waals surface area contributed by atoms with Gasteiger partial charge in [-0.05, 0) is 42.8 Å². The van der Waals surface area contributed by atoms with E-state index in [9.17, 15) is 5.11 Å². The van der Waals surface area contributed by atoms with Crippen molar-refractivity contribution in [2.75, 3.05) is 11.9 Å². The number of benzene rings is 1. The Morgan fingerprint density at radius 1 is 1.33 bits per heavy atom. The first kappa shape index (κ1) is 11.3. The van der Waals surface area contributed by atoms with Crippen LogP contribution in [0.2, 0.25) is 0 Å². The molecule has 0 atom stereocenters. The second kappa shape index (κ2) is 4.14. The molecule has 4 nitrogen and oxygen atoms in total. The average Bonchev–Trinajstić information content (AvgIpc) is 2.34. The zero-order valence-electron chi connectivity index (χ0n) is 10.2. The molecule has 0 radical (unpaired) electrons. The van der Waals surface area contributed by atoms with E-state index in [-0.39, 0.29) is 11.3 Å². The highest BCUT2D eigenvalue weighted by Gasteiger charge is 2.32. The Labute approximate surface area is 106 Å². The molecule has 0 unspecified atom stereocenters. The van der Waals surface area contributed by atoms with Crippen molar-refractivity contribution < 1.29 is 5.11 Å². The number of fused-ring (bicyclic) bond motifs is 1. The summed E-state index contributed by atoms with van der Waals surface area (Å²) in [5, 5.41) is 14.9. The third-order valence-corrected chi connectivity index (χ3v) is 3.71. The minimum atomic E-state index is -0.0827. The summed E-state index contributed by atoms with van der Waals surface area (Å²) in [6.07, 6.45) is 5.11. The van der Waals surface area contributed by atoms with Crippen LogP contribution in [0.4, 0.5) is 5.82 Å². The largest absolute Gasteiger partial charge is 0.508 e. The molecule has 0 amide bonds. The van der Waals surface area contributed by atoms with E-state index in [4.69, 9.17) is 5.73 Å². The van der Waals surface area contributed by atoms with Crippen molar-refractivity contribution in [2.45, 2.75) is 24.8 Å². The Morgan fingerprint density at radius 2 is 2.17 bits per heavy atom. The smallest absolute Gasteiger partial charge is 0.134 e. The lowest BCUT2D eigenvalue weighted by atomic mass is 9.78. The topological polar surface area (TPSA) is 71.2 Å². The van der Waals surface area contributed by atoms with Crippen molar-refractivity contribution in [2.24, 2.45) is 5.73 Å². The van der Waals surface area contributed by atoms with Crippen LogP contribution in [0.1, 0.15) is 19.3 Å². The monoisotopic (exact) mass is 243 g/mol. The number of hydrogen-bond acceptors (Lipinski definition) is 4. The van der Waals surface area contributed by atoms with E-state index in [1.807, 2.05) is 12.1 Å². The number of phenols is 1. The van der Waals surface area contributed by atoms with Gasteiger partial charge < -0.3 is 16.2 Å². The first-order valence-corrected chi connectivity index (χ1v) is 6.27. The average molecular weight is 243 g/mol. The Balaban J connectivity index is 1.88. The molecule has 18 heavy (non-hydrogen) atoms. The quantitative estimate of drug-likeness (QED) is 0.773. The first-order chi connectivity index (χ1) is 8.66. The second-order valence-electron chi connectivity index (χ2n) is 5.13. The molecule has 0 bridgehead atoms. The number of nitrogens with zero attached hydrogens (tertiary/aromatic N) is 1. The van der Waals surface area contributed by atoms with Crippen LogP contribution in [0.5, 0.6) is 5.75 Å². The summed E-state index contributed by atoms with van der Waals surface area (Å²) in [5.41, 5.74) is 6.10. The van der Waals surface area contributed by atoms with Gasteiger partial charge in [-0.25, -0.2) is 4.98 Å². The molecule has 2 aromatic rings. The molecule has 94 valence electrons. The lowest BCUT2D eigenvalue weighted by Crippen LogP contribution is -2.52. The van der Waals surface area contributed by atoms with E-state index in [0.717, 1.165) is 36.0 Å².